The summed E-state index contributed by atoms with van der Waals surface area (Å²) in [6.07, 6.45) is 8.90. The van der Waals surface area contributed by atoms with E-state index in [0.29, 0.717) is 0 Å². The Bertz CT molecular complexity index is 568. The second kappa shape index (κ2) is 6.22. The Morgan fingerprint density at radius 3 is 3.05 bits per heavy atom. The van der Waals surface area contributed by atoms with Gasteiger partial charge in [0.15, 0.2) is 5.82 Å². The molecule has 1 fully saturated rings. The summed E-state index contributed by atoms with van der Waals surface area (Å²) in [4.78, 5) is 18.0. The normalized spacial score (nSPS) is 16.8. The van der Waals surface area contributed by atoms with Crippen LogP contribution >= 0.6 is 0 Å². The SMILES string of the molecule is O=c1nc2n(CCNCC3CCCCC3)cccc-2[nH]1. The largest absolute Gasteiger partial charge is 0.347 e. The van der Waals surface area contributed by atoms with Gasteiger partial charge in [0.05, 0.1) is 5.69 Å². The number of pyridine rings is 1. The number of hydrogen-bond donors (Lipinski definition) is 2. The van der Waals surface area contributed by atoms with Gasteiger partial charge in [0.1, 0.15) is 0 Å². The van der Waals surface area contributed by atoms with Crippen LogP contribution in [0.3, 0.4) is 0 Å². The van der Waals surface area contributed by atoms with Crippen LogP contribution in [0, 0.1) is 5.92 Å². The van der Waals surface area contributed by atoms with Gasteiger partial charge >= 0.3 is 5.69 Å². The summed E-state index contributed by atoms with van der Waals surface area (Å²) in [5.41, 5.74) is 0.542. The number of aromatic nitrogens is 3. The number of fused-ring (bicyclic) bond motifs is 1. The van der Waals surface area contributed by atoms with Crippen molar-refractivity contribution >= 4 is 0 Å². The second-order valence-electron chi connectivity index (χ2n) is 5.69. The maximum absolute atomic E-state index is 11.3. The van der Waals surface area contributed by atoms with Crippen molar-refractivity contribution in [2.75, 3.05) is 13.1 Å². The van der Waals surface area contributed by atoms with Crippen LogP contribution < -0.4 is 11.0 Å². The zero-order valence-corrected chi connectivity index (χ0v) is 11.8. The standard InChI is InChI=1S/C15H22N4O/c20-15-17-13-7-4-9-19(14(13)18-15)10-8-16-11-12-5-2-1-3-6-12/h4,7,9,12,16H,1-3,5-6,8,10-11H2,(H,17,20). The van der Waals surface area contributed by atoms with Gasteiger partial charge in [-0.2, -0.15) is 4.98 Å². The first kappa shape index (κ1) is 13.4. The van der Waals surface area contributed by atoms with Crippen LogP contribution in [0.5, 0.6) is 0 Å². The van der Waals surface area contributed by atoms with Gasteiger partial charge in [0, 0.05) is 19.3 Å². The lowest BCUT2D eigenvalue weighted by atomic mass is 9.89. The zero-order chi connectivity index (χ0) is 13.8. The molecule has 20 heavy (non-hydrogen) atoms. The van der Waals surface area contributed by atoms with E-state index in [2.05, 4.69) is 15.3 Å². The number of nitrogens with one attached hydrogen (secondary N) is 2. The van der Waals surface area contributed by atoms with Gasteiger partial charge in [-0.1, -0.05) is 19.3 Å². The number of rotatable bonds is 5. The number of hydrogen-bond acceptors (Lipinski definition) is 3. The van der Waals surface area contributed by atoms with Gasteiger partial charge in [-0.25, -0.2) is 4.79 Å². The number of H-pyrrole nitrogens is 1. The van der Waals surface area contributed by atoms with Crippen molar-refractivity contribution < 1.29 is 0 Å². The molecule has 2 heterocycles. The van der Waals surface area contributed by atoms with E-state index >= 15 is 0 Å². The highest BCUT2D eigenvalue weighted by atomic mass is 16.1. The van der Waals surface area contributed by atoms with Gasteiger partial charge in [0.2, 0.25) is 0 Å². The van der Waals surface area contributed by atoms with Crippen LogP contribution in [0.25, 0.3) is 11.5 Å². The molecule has 3 aliphatic rings. The molecule has 0 aromatic heterocycles. The summed E-state index contributed by atoms with van der Waals surface area (Å²) in [6.45, 7) is 2.87. The molecule has 0 amide bonds. The van der Waals surface area contributed by atoms with E-state index in [1.54, 1.807) is 0 Å². The Hall–Kier alpha value is -1.62. The lowest BCUT2D eigenvalue weighted by molar-refractivity contribution is 0.340. The fraction of sp³-hybridized carbons (Fsp3) is 0.600. The molecule has 0 bridgehead atoms. The predicted molar refractivity (Wildman–Crippen MR) is 78.9 cm³/mol. The first-order valence-electron chi connectivity index (χ1n) is 7.59. The molecule has 1 aliphatic carbocycles. The third kappa shape index (κ3) is 3.10. The number of imidazole rings is 1. The molecule has 0 aromatic carbocycles. The molecule has 0 spiro atoms. The molecule has 2 aliphatic heterocycles. The third-order valence-corrected chi connectivity index (χ3v) is 4.18. The topological polar surface area (TPSA) is 62.7 Å². The average molecular weight is 274 g/mol. The quantitative estimate of drug-likeness (QED) is 0.818. The van der Waals surface area contributed by atoms with Gasteiger partial charge in [-0.15, -0.1) is 0 Å². The summed E-state index contributed by atoms with van der Waals surface area (Å²) in [7, 11) is 0. The minimum absolute atomic E-state index is 0.268. The minimum atomic E-state index is -0.268. The molecular formula is C15H22N4O. The maximum Gasteiger partial charge on any atom is 0.347 e. The molecule has 3 rings (SSSR count). The first-order chi connectivity index (χ1) is 9.83. The molecule has 108 valence electrons. The van der Waals surface area contributed by atoms with E-state index in [1.165, 1.54) is 32.1 Å². The van der Waals surface area contributed by atoms with Crippen molar-refractivity contribution in [2.24, 2.45) is 5.92 Å². The van der Waals surface area contributed by atoms with Gasteiger partial charge in [-0.05, 0) is 37.4 Å². The highest BCUT2D eigenvalue weighted by Crippen LogP contribution is 2.22. The molecule has 2 N–H and O–H groups in total. The summed E-state index contributed by atoms with van der Waals surface area (Å²) in [5.74, 6) is 1.60. The van der Waals surface area contributed by atoms with Crippen molar-refractivity contribution in [3.63, 3.8) is 0 Å². The van der Waals surface area contributed by atoms with Crippen LogP contribution in [0.1, 0.15) is 32.1 Å². The highest BCUT2D eigenvalue weighted by molar-refractivity contribution is 5.50. The van der Waals surface area contributed by atoms with Crippen LogP contribution in [-0.4, -0.2) is 27.6 Å². The van der Waals surface area contributed by atoms with Gasteiger partial charge in [0.25, 0.3) is 0 Å². The van der Waals surface area contributed by atoms with E-state index in [4.69, 9.17) is 0 Å². The number of aromatic amines is 1. The van der Waals surface area contributed by atoms with Crippen molar-refractivity contribution in [1.29, 1.82) is 0 Å². The summed E-state index contributed by atoms with van der Waals surface area (Å²) in [6, 6.07) is 3.83. The monoisotopic (exact) mass is 274 g/mol. The molecule has 0 atom stereocenters. The number of nitrogens with zero attached hydrogens (tertiary/aromatic N) is 2. The minimum Gasteiger partial charge on any atom is -0.330 e. The van der Waals surface area contributed by atoms with Gasteiger partial charge in [-0.3, -0.25) is 0 Å². The van der Waals surface area contributed by atoms with E-state index in [1.807, 2.05) is 22.9 Å². The van der Waals surface area contributed by atoms with E-state index in [-0.39, 0.29) is 5.69 Å². The van der Waals surface area contributed by atoms with Crippen LogP contribution in [-0.2, 0) is 6.54 Å². The van der Waals surface area contributed by atoms with E-state index in [0.717, 1.165) is 37.1 Å². The Kier molecular flexibility index (Phi) is 4.16. The first-order valence-corrected chi connectivity index (χ1v) is 7.59. The third-order valence-electron chi connectivity index (χ3n) is 4.18. The highest BCUT2D eigenvalue weighted by Gasteiger charge is 2.13. The molecule has 0 aromatic rings. The van der Waals surface area contributed by atoms with Crippen LogP contribution in [0.2, 0.25) is 0 Å². The summed E-state index contributed by atoms with van der Waals surface area (Å²) in [5, 5.41) is 3.54. The summed E-state index contributed by atoms with van der Waals surface area (Å²) < 4.78 is 2.03. The Morgan fingerprint density at radius 1 is 1.35 bits per heavy atom. The average Bonchev–Trinajstić information content (AvgIpc) is 2.86. The van der Waals surface area contributed by atoms with Crippen molar-refractivity contribution in [3.05, 3.63) is 28.8 Å². The second-order valence-corrected chi connectivity index (χ2v) is 5.69. The van der Waals surface area contributed by atoms with Crippen molar-refractivity contribution in [1.82, 2.24) is 19.9 Å². The Balaban J connectivity index is 1.51. The van der Waals surface area contributed by atoms with Crippen LogP contribution in [0.15, 0.2) is 23.1 Å². The lowest BCUT2D eigenvalue weighted by Gasteiger charge is -2.22. The Morgan fingerprint density at radius 2 is 2.20 bits per heavy atom. The molecule has 5 heteroatoms. The predicted octanol–water partition coefficient (Wildman–Crippen LogP) is 1.85. The fourth-order valence-corrected chi connectivity index (χ4v) is 3.08. The summed E-state index contributed by atoms with van der Waals surface area (Å²) >= 11 is 0. The van der Waals surface area contributed by atoms with E-state index in [9.17, 15) is 4.79 Å². The maximum atomic E-state index is 11.3. The molecule has 5 nitrogen and oxygen atoms in total. The zero-order valence-electron chi connectivity index (χ0n) is 11.8. The van der Waals surface area contributed by atoms with Gasteiger partial charge < -0.3 is 14.9 Å². The van der Waals surface area contributed by atoms with E-state index < -0.39 is 0 Å². The lowest BCUT2D eigenvalue weighted by Crippen LogP contribution is -2.27. The smallest absolute Gasteiger partial charge is 0.330 e. The molecule has 0 saturated heterocycles. The van der Waals surface area contributed by atoms with Crippen molar-refractivity contribution in [3.8, 4) is 11.5 Å². The van der Waals surface area contributed by atoms with Crippen molar-refractivity contribution in [2.45, 2.75) is 38.6 Å². The molecule has 1 saturated carbocycles. The molecule has 0 radical (unpaired) electrons. The Labute approximate surface area is 118 Å². The van der Waals surface area contributed by atoms with Crippen LogP contribution in [0.4, 0.5) is 0 Å². The molecule has 0 unspecified atom stereocenters. The molecular weight excluding hydrogens is 252 g/mol. The fourth-order valence-electron chi connectivity index (χ4n) is 3.08.